The van der Waals surface area contributed by atoms with Gasteiger partial charge in [-0.3, -0.25) is 9.59 Å². The summed E-state index contributed by atoms with van der Waals surface area (Å²) in [5.74, 6) is 2.22. The Morgan fingerprint density at radius 2 is 2.11 bits per heavy atom. The number of thioether (sulfide) groups is 1. The van der Waals surface area contributed by atoms with E-state index in [4.69, 9.17) is 0 Å². The van der Waals surface area contributed by atoms with Crippen LogP contribution < -0.4 is 10.6 Å². The topological polar surface area (TPSA) is 61.4 Å². The van der Waals surface area contributed by atoms with Crippen molar-refractivity contribution < 1.29 is 9.59 Å². The maximum Gasteiger partial charge on any atom is 0.239 e. The van der Waals surface area contributed by atoms with Gasteiger partial charge < -0.3 is 15.5 Å². The molecule has 5 nitrogen and oxygen atoms in total. The Bertz CT molecular complexity index is 316. The molecule has 6 heteroatoms. The molecule has 2 amide bonds. The molecule has 0 aromatic carbocycles. The number of likely N-dealkylation sites (N-methyl/N-ethyl adjacent to an activating group) is 1. The van der Waals surface area contributed by atoms with Crippen molar-refractivity contribution >= 4 is 23.6 Å². The summed E-state index contributed by atoms with van der Waals surface area (Å²) >= 11 is 1.66. The molecule has 0 radical (unpaired) electrons. The van der Waals surface area contributed by atoms with Crippen LogP contribution in [0.15, 0.2) is 0 Å². The zero-order valence-electron chi connectivity index (χ0n) is 10.8. The lowest BCUT2D eigenvalue weighted by Gasteiger charge is -2.26. The summed E-state index contributed by atoms with van der Waals surface area (Å²) in [6.07, 6.45) is 2.16. The van der Waals surface area contributed by atoms with Gasteiger partial charge in [-0.15, -0.1) is 0 Å². The number of hydrogen-bond acceptors (Lipinski definition) is 4. The monoisotopic (exact) mass is 271 g/mol. The van der Waals surface area contributed by atoms with Gasteiger partial charge in [-0.2, -0.15) is 11.8 Å². The van der Waals surface area contributed by atoms with Crippen molar-refractivity contribution in [1.82, 2.24) is 15.5 Å². The predicted molar refractivity (Wildman–Crippen MR) is 72.5 cm³/mol. The highest BCUT2D eigenvalue weighted by Crippen LogP contribution is 2.18. The van der Waals surface area contributed by atoms with E-state index < -0.39 is 0 Å². The Balaban J connectivity index is 1.56. The molecule has 0 aromatic heterocycles. The highest BCUT2D eigenvalue weighted by atomic mass is 32.2. The second kappa shape index (κ2) is 6.43. The van der Waals surface area contributed by atoms with Gasteiger partial charge in [0.15, 0.2) is 0 Å². The first-order valence-corrected chi connectivity index (χ1v) is 7.62. The van der Waals surface area contributed by atoms with Crippen LogP contribution in [0, 0.1) is 5.92 Å². The Kier molecular flexibility index (Phi) is 4.88. The fraction of sp³-hybridized carbons (Fsp3) is 0.833. The van der Waals surface area contributed by atoms with Gasteiger partial charge in [0.05, 0.1) is 12.3 Å². The lowest BCUT2D eigenvalue weighted by molar-refractivity contribution is -0.132. The molecule has 102 valence electrons. The molecule has 1 heterocycles. The van der Waals surface area contributed by atoms with Crippen molar-refractivity contribution in [2.24, 2.45) is 5.92 Å². The van der Waals surface area contributed by atoms with E-state index in [1.165, 1.54) is 4.90 Å². The third-order valence-electron chi connectivity index (χ3n) is 3.19. The van der Waals surface area contributed by atoms with E-state index in [2.05, 4.69) is 10.6 Å². The number of nitrogens with one attached hydrogen (secondary N) is 2. The third kappa shape index (κ3) is 4.49. The number of carbonyl (C=O) groups is 2. The third-order valence-corrected chi connectivity index (χ3v) is 4.35. The smallest absolute Gasteiger partial charge is 0.239 e. The molecule has 1 saturated heterocycles. The molecule has 2 rings (SSSR count). The van der Waals surface area contributed by atoms with Crippen LogP contribution in [0.1, 0.15) is 12.8 Å². The Labute approximate surface area is 112 Å². The first kappa shape index (κ1) is 13.7. The van der Waals surface area contributed by atoms with Gasteiger partial charge >= 0.3 is 0 Å². The van der Waals surface area contributed by atoms with E-state index in [0.717, 1.165) is 31.7 Å². The summed E-state index contributed by atoms with van der Waals surface area (Å²) in [6, 6.07) is 0.362. The molecule has 2 aliphatic rings. The Morgan fingerprint density at radius 3 is 2.67 bits per heavy atom. The van der Waals surface area contributed by atoms with E-state index in [0.29, 0.717) is 17.7 Å². The molecule has 0 spiro atoms. The summed E-state index contributed by atoms with van der Waals surface area (Å²) in [5.41, 5.74) is 0. The molecule has 0 aromatic rings. The SMILES string of the molecule is CN(CC(=O)NC1CC1)C(=O)CSCC1CNC1. The minimum atomic E-state index is -0.0402. The number of carbonyl (C=O) groups excluding carboxylic acids is 2. The maximum absolute atomic E-state index is 11.8. The van der Waals surface area contributed by atoms with Gasteiger partial charge in [-0.1, -0.05) is 0 Å². The minimum absolute atomic E-state index is 0.0400. The van der Waals surface area contributed by atoms with Crippen molar-refractivity contribution in [2.75, 3.05) is 38.2 Å². The van der Waals surface area contributed by atoms with Crippen LogP contribution >= 0.6 is 11.8 Å². The molecule has 0 unspecified atom stereocenters. The van der Waals surface area contributed by atoms with Crippen LogP contribution in [0.5, 0.6) is 0 Å². The van der Waals surface area contributed by atoms with Gasteiger partial charge in [0.2, 0.25) is 11.8 Å². The van der Waals surface area contributed by atoms with E-state index in [1.807, 2.05) is 0 Å². The second-order valence-corrected chi connectivity index (χ2v) is 6.16. The van der Waals surface area contributed by atoms with Crippen LogP contribution in [-0.2, 0) is 9.59 Å². The van der Waals surface area contributed by atoms with Crippen LogP contribution in [0.2, 0.25) is 0 Å². The first-order valence-electron chi connectivity index (χ1n) is 6.47. The lowest BCUT2D eigenvalue weighted by Crippen LogP contribution is -2.43. The van der Waals surface area contributed by atoms with E-state index in [1.54, 1.807) is 18.8 Å². The zero-order valence-corrected chi connectivity index (χ0v) is 11.6. The highest BCUT2D eigenvalue weighted by molar-refractivity contribution is 7.99. The number of amides is 2. The summed E-state index contributed by atoms with van der Waals surface area (Å²) < 4.78 is 0. The zero-order chi connectivity index (χ0) is 13.0. The van der Waals surface area contributed by atoms with Crippen LogP contribution in [0.3, 0.4) is 0 Å². The fourth-order valence-electron chi connectivity index (χ4n) is 1.69. The van der Waals surface area contributed by atoms with Gasteiger partial charge in [-0.25, -0.2) is 0 Å². The standard InChI is InChI=1S/C12H21N3O2S/c1-15(6-11(16)14-10-2-3-10)12(17)8-18-7-9-4-13-5-9/h9-10,13H,2-8H2,1H3,(H,14,16). The number of nitrogens with zero attached hydrogens (tertiary/aromatic N) is 1. The van der Waals surface area contributed by atoms with Crippen LogP contribution in [-0.4, -0.2) is 60.9 Å². The summed E-state index contributed by atoms with van der Waals surface area (Å²) in [7, 11) is 1.69. The van der Waals surface area contributed by atoms with E-state index in [9.17, 15) is 9.59 Å². The normalized spacial score (nSPS) is 19.2. The van der Waals surface area contributed by atoms with Crippen LogP contribution in [0.4, 0.5) is 0 Å². The molecular formula is C12H21N3O2S. The quantitative estimate of drug-likeness (QED) is 0.666. The van der Waals surface area contributed by atoms with Gasteiger partial charge in [0.1, 0.15) is 0 Å². The largest absolute Gasteiger partial charge is 0.352 e. The Hall–Kier alpha value is -0.750. The summed E-state index contributed by atoms with van der Waals surface area (Å²) in [6.45, 7) is 2.32. The van der Waals surface area contributed by atoms with Crippen molar-refractivity contribution in [1.29, 1.82) is 0 Å². The molecule has 1 saturated carbocycles. The molecule has 2 N–H and O–H groups in total. The van der Waals surface area contributed by atoms with Crippen molar-refractivity contribution in [3.8, 4) is 0 Å². The fourth-order valence-corrected chi connectivity index (χ4v) is 2.78. The number of hydrogen-bond donors (Lipinski definition) is 2. The molecule has 0 bridgehead atoms. The van der Waals surface area contributed by atoms with Gasteiger partial charge in [0, 0.05) is 13.1 Å². The molecule has 1 aliphatic heterocycles. The molecule has 18 heavy (non-hydrogen) atoms. The lowest BCUT2D eigenvalue weighted by atomic mass is 10.1. The predicted octanol–water partition coefficient (Wildman–Crippen LogP) is -0.324. The molecule has 0 atom stereocenters. The van der Waals surface area contributed by atoms with Crippen molar-refractivity contribution in [2.45, 2.75) is 18.9 Å². The average Bonchev–Trinajstić information content (AvgIpc) is 3.04. The highest BCUT2D eigenvalue weighted by Gasteiger charge is 2.24. The maximum atomic E-state index is 11.8. The summed E-state index contributed by atoms with van der Waals surface area (Å²) in [5, 5.41) is 6.10. The van der Waals surface area contributed by atoms with E-state index in [-0.39, 0.29) is 18.4 Å². The van der Waals surface area contributed by atoms with Gasteiger partial charge in [-0.05, 0) is 37.6 Å². The summed E-state index contributed by atoms with van der Waals surface area (Å²) in [4.78, 5) is 24.8. The van der Waals surface area contributed by atoms with E-state index >= 15 is 0 Å². The second-order valence-electron chi connectivity index (χ2n) is 5.13. The number of rotatable bonds is 7. The van der Waals surface area contributed by atoms with Crippen molar-refractivity contribution in [3.63, 3.8) is 0 Å². The van der Waals surface area contributed by atoms with Crippen molar-refractivity contribution in [3.05, 3.63) is 0 Å². The average molecular weight is 271 g/mol. The van der Waals surface area contributed by atoms with Crippen LogP contribution in [0.25, 0.3) is 0 Å². The van der Waals surface area contributed by atoms with Gasteiger partial charge in [0.25, 0.3) is 0 Å². The molecule has 2 fully saturated rings. The first-order chi connectivity index (χ1) is 8.65. The Morgan fingerprint density at radius 1 is 1.39 bits per heavy atom. The molecule has 1 aliphatic carbocycles. The minimum Gasteiger partial charge on any atom is -0.352 e. The molecular weight excluding hydrogens is 250 g/mol.